The van der Waals surface area contributed by atoms with Gasteiger partial charge in [-0.2, -0.15) is 0 Å². The summed E-state index contributed by atoms with van der Waals surface area (Å²) in [6, 6.07) is 17.5. The number of aliphatic hydroxyl groups is 2. The lowest BCUT2D eigenvalue weighted by Gasteiger charge is -2.37. The molecule has 0 amide bonds. The summed E-state index contributed by atoms with van der Waals surface area (Å²) in [5, 5.41) is 20.1. The van der Waals surface area contributed by atoms with Crippen molar-refractivity contribution in [2.45, 2.75) is 62.7 Å². The highest BCUT2D eigenvalue weighted by Gasteiger charge is 2.42. The van der Waals surface area contributed by atoms with Crippen molar-refractivity contribution < 1.29 is 44.0 Å². The maximum Gasteiger partial charge on any atom is 0.108 e. The topological polar surface area (TPSA) is 99.0 Å². The molecular formula is C32H54Cl2N6O2. The predicted octanol–water partition coefficient (Wildman–Crippen LogP) is -2.85. The van der Waals surface area contributed by atoms with Crippen molar-refractivity contribution >= 4 is 22.7 Å². The Morgan fingerprint density at radius 3 is 1.26 bits per heavy atom. The average Bonchev–Trinajstić information content (AvgIpc) is 3.57. The lowest BCUT2D eigenvalue weighted by molar-refractivity contribution is -0.913. The van der Waals surface area contributed by atoms with Gasteiger partial charge in [-0.3, -0.25) is 0 Å². The molecule has 2 aliphatic heterocycles. The third kappa shape index (κ3) is 8.80. The number of nitrogens with zero attached hydrogens (tertiary/aromatic N) is 4. The van der Waals surface area contributed by atoms with Crippen molar-refractivity contribution in [2.24, 2.45) is 0 Å². The maximum atomic E-state index is 10.1. The van der Waals surface area contributed by atoms with Crippen LogP contribution >= 0.6 is 0 Å². The van der Waals surface area contributed by atoms with Gasteiger partial charge in [0.05, 0.1) is 79.7 Å². The molecule has 6 N–H and O–H groups in total. The molecule has 2 aliphatic rings. The van der Waals surface area contributed by atoms with Gasteiger partial charge in [-0.1, -0.05) is 0 Å². The normalized spacial score (nSPS) is 22.6. The number of aliphatic hydroxyl groups excluding tert-OH is 2. The smallest absolute Gasteiger partial charge is 0.108 e. The molecule has 10 heteroatoms. The van der Waals surface area contributed by atoms with Crippen LogP contribution in [0.5, 0.6) is 0 Å². The summed E-state index contributed by atoms with van der Waals surface area (Å²) >= 11 is 0. The minimum Gasteiger partial charge on any atom is -1.00 e. The SMILES string of the molecule is C[N+](C)(CCCCCC[N+](C)(C)C1CC(CO)N(c2ccc(N)cc2)C1)C1CC(CO)N(c2ccc(N)cc2)C1.[Cl-].[Cl-]. The number of rotatable bonds is 13. The van der Waals surface area contributed by atoms with E-state index < -0.39 is 0 Å². The molecule has 0 spiro atoms. The van der Waals surface area contributed by atoms with E-state index in [0.29, 0.717) is 12.1 Å². The molecule has 4 rings (SSSR count). The second-order valence-electron chi connectivity index (χ2n) is 13.4. The number of quaternary nitrogens is 2. The summed E-state index contributed by atoms with van der Waals surface area (Å²) < 4.78 is 1.99. The Hall–Kier alpha value is -1.94. The molecule has 2 fully saturated rings. The van der Waals surface area contributed by atoms with E-state index in [1.54, 1.807) is 0 Å². The molecule has 238 valence electrons. The number of unbranched alkanes of at least 4 members (excludes halogenated alkanes) is 3. The molecule has 0 aromatic heterocycles. The average molecular weight is 626 g/mol. The number of anilines is 4. The Morgan fingerprint density at radius 1 is 0.619 bits per heavy atom. The lowest BCUT2D eigenvalue weighted by atomic mass is 10.1. The third-order valence-corrected chi connectivity index (χ3v) is 9.85. The van der Waals surface area contributed by atoms with E-state index in [1.165, 1.54) is 25.7 Å². The van der Waals surface area contributed by atoms with Crippen LogP contribution in [0, 0.1) is 0 Å². The Balaban J connectivity index is 0.00000308. The van der Waals surface area contributed by atoms with Crippen LogP contribution in [-0.4, -0.2) is 111 Å². The minimum absolute atomic E-state index is 0. The van der Waals surface area contributed by atoms with E-state index in [4.69, 9.17) is 11.5 Å². The van der Waals surface area contributed by atoms with E-state index >= 15 is 0 Å². The molecule has 0 aliphatic carbocycles. The van der Waals surface area contributed by atoms with Crippen LogP contribution in [0.2, 0.25) is 0 Å². The zero-order valence-corrected chi connectivity index (χ0v) is 27.5. The van der Waals surface area contributed by atoms with Crippen molar-refractivity contribution in [3.63, 3.8) is 0 Å². The fourth-order valence-corrected chi connectivity index (χ4v) is 6.86. The summed E-state index contributed by atoms with van der Waals surface area (Å²) in [5.74, 6) is 0. The molecule has 2 saturated heterocycles. The van der Waals surface area contributed by atoms with Crippen LogP contribution < -0.4 is 46.1 Å². The van der Waals surface area contributed by atoms with Gasteiger partial charge in [0.2, 0.25) is 0 Å². The minimum atomic E-state index is 0. The Kier molecular flexibility index (Phi) is 13.5. The van der Waals surface area contributed by atoms with Crippen molar-refractivity contribution in [1.82, 2.24) is 0 Å². The van der Waals surface area contributed by atoms with Gasteiger partial charge in [0.15, 0.2) is 0 Å². The van der Waals surface area contributed by atoms with E-state index in [9.17, 15) is 10.2 Å². The number of halogens is 2. The molecule has 2 aromatic rings. The molecule has 0 radical (unpaired) electrons. The summed E-state index contributed by atoms with van der Waals surface area (Å²) in [6.45, 7) is 4.64. The highest BCUT2D eigenvalue weighted by Crippen LogP contribution is 2.32. The van der Waals surface area contributed by atoms with E-state index in [1.807, 2.05) is 24.3 Å². The van der Waals surface area contributed by atoms with Gasteiger partial charge >= 0.3 is 0 Å². The van der Waals surface area contributed by atoms with Crippen LogP contribution in [0.4, 0.5) is 22.7 Å². The molecular weight excluding hydrogens is 571 g/mol. The number of nitrogen functional groups attached to an aromatic ring is 2. The number of hydrogen-bond acceptors (Lipinski definition) is 6. The number of hydrogen-bond donors (Lipinski definition) is 4. The predicted molar refractivity (Wildman–Crippen MR) is 167 cm³/mol. The summed E-state index contributed by atoms with van der Waals surface area (Å²) in [4.78, 5) is 4.73. The Bertz CT molecular complexity index is 984. The van der Waals surface area contributed by atoms with Crippen molar-refractivity contribution in [1.29, 1.82) is 0 Å². The maximum absolute atomic E-state index is 10.1. The van der Waals surface area contributed by atoms with Gasteiger partial charge in [0.25, 0.3) is 0 Å². The fraction of sp³-hybridized carbons (Fsp3) is 0.625. The fourth-order valence-electron chi connectivity index (χ4n) is 6.86. The molecule has 0 saturated carbocycles. The standard InChI is InChI=1S/C32H54N6O2.2ClH/c1-37(2,31-19-29(23-39)35(21-31)27-13-9-25(33)10-14-27)17-7-5-6-8-18-38(3,4)32-20-30(24-40)36(22-32)28-15-11-26(34)12-16-28;;/h9-16,29-32,39-40H,5-8,17-24,33-34H2,1-4H3;2*1H/q+2;;/p-2. The zero-order valence-electron chi connectivity index (χ0n) is 26.0. The van der Waals surface area contributed by atoms with Gasteiger partial charge in [-0.25, -0.2) is 0 Å². The first-order valence-electron chi connectivity index (χ1n) is 15.2. The van der Waals surface area contributed by atoms with Crippen LogP contribution in [0.15, 0.2) is 48.5 Å². The summed E-state index contributed by atoms with van der Waals surface area (Å²) in [5.41, 5.74) is 15.6. The molecule has 42 heavy (non-hydrogen) atoms. The largest absolute Gasteiger partial charge is 1.00 e. The van der Waals surface area contributed by atoms with Crippen LogP contribution in [0.1, 0.15) is 38.5 Å². The number of benzene rings is 2. The molecule has 2 aromatic carbocycles. The monoisotopic (exact) mass is 624 g/mol. The van der Waals surface area contributed by atoms with E-state index in [-0.39, 0.29) is 50.1 Å². The summed E-state index contributed by atoms with van der Waals surface area (Å²) in [7, 11) is 9.43. The molecule has 4 unspecified atom stereocenters. The van der Waals surface area contributed by atoms with Gasteiger partial charge in [0.1, 0.15) is 12.1 Å². The van der Waals surface area contributed by atoms with Crippen LogP contribution in [-0.2, 0) is 0 Å². The first kappa shape index (κ1) is 36.3. The molecule has 2 heterocycles. The second-order valence-corrected chi connectivity index (χ2v) is 13.4. The number of likely N-dealkylation sites (N-methyl/N-ethyl adjacent to an activating group) is 2. The molecule has 0 bridgehead atoms. The quantitative estimate of drug-likeness (QED) is 0.109. The Labute approximate surface area is 266 Å². The number of nitrogens with two attached hydrogens (primary N) is 2. The first-order valence-corrected chi connectivity index (χ1v) is 15.2. The van der Waals surface area contributed by atoms with Crippen molar-refractivity contribution in [3.8, 4) is 0 Å². The second kappa shape index (κ2) is 15.7. The lowest BCUT2D eigenvalue weighted by Crippen LogP contribution is -3.00. The molecule has 4 atom stereocenters. The van der Waals surface area contributed by atoms with Gasteiger partial charge < -0.3 is 65.3 Å². The van der Waals surface area contributed by atoms with Crippen molar-refractivity contribution in [2.75, 3.05) is 88.9 Å². The van der Waals surface area contributed by atoms with E-state index in [0.717, 1.165) is 70.7 Å². The zero-order chi connectivity index (χ0) is 28.9. The first-order chi connectivity index (χ1) is 19.0. The van der Waals surface area contributed by atoms with Gasteiger partial charge in [-0.15, -0.1) is 0 Å². The van der Waals surface area contributed by atoms with E-state index in [2.05, 4.69) is 62.3 Å². The Morgan fingerprint density at radius 2 is 0.952 bits per heavy atom. The molecule has 8 nitrogen and oxygen atoms in total. The van der Waals surface area contributed by atoms with Crippen LogP contribution in [0.25, 0.3) is 0 Å². The summed E-state index contributed by atoms with van der Waals surface area (Å²) in [6.07, 6.45) is 6.99. The van der Waals surface area contributed by atoms with Crippen LogP contribution in [0.3, 0.4) is 0 Å². The third-order valence-electron chi connectivity index (χ3n) is 9.85. The van der Waals surface area contributed by atoms with Gasteiger partial charge in [0, 0.05) is 35.6 Å². The van der Waals surface area contributed by atoms with Gasteiger partial charge in [-0.05, 0) is 74.2 Å². The van der Waals surface area contributed by atoms with Crippen molar-refractivity contribution in [3.05, 3.63) is 48.5 Å². The highest BCUT2D eigenvalue weighted by molar-refractivity contribution is 5.55. The highest BCUT2D eigenvalue weighted by atomic mass is 35.5.